The number of carbonyl (C=O) groups is 1. The van der Waals surface area contributed by atoms with Gasteiger partial charge in [-0.2, -0.15) is 0 Å². The summed E-state index contributed by atoms with van der Waals surface area (Å²) in [4.78, 5) is 11.6. The first-order chi connectivity index (χ1) is 9.99. The number of hydrogen-bond acceptors (Lipinski definition) is 3. The Morgan fingerprint density at radius 2 is 1.90 bits per heavy atom. The quantitative estimate of drug-likeness (QED) is 0.775. The second-order valence-electron chi connectivity index (χ2n) is 4.72. The van der Waals surface area contributed by atoms with Gasteiger partial charge >= 0.3 is 0 Å². The molecular formula is C15H22F2N2O2. The molecule has 21 heavy (non-hydrogen) atoms. The predicted octanol–water partition coefficient (Wildman–Crippen LogP) is 2.37. The fourth-order valence-electron chi connectivity index (χ4n) is 1.72. The minimum atomic E-state index is -0.958. The van der Waals surface area contributed by atoms with E-state index in [0.717, 1.165) is 6.42 Å². The lowest BCUT2D eigenvalue weighted by Crippen LogP contribution is -2.37. The molecule has 0 spiro atoms. The Balaban J connectivity index is 2.76. The fourth-order valence-corrected chi connectivity index (χ4v) is 1.72. The van der Waals surface area contributed by atoms with Gasteiger partial charge in [0, 0.05) is 13.1 Å². The van der Waals surface area contributed by atoms with Crippen LogP contribution in [0.2, 0.25) is 0 Å². The van der Waals surface area contributed by atoms with Crippen molar-refractivity contribution in [3.05, 3.63) is 29.3 Å². The van der Waals surface area contributed by atoms with Crippen LogP contribution in [0.1, 0.15) is 32.8 Å². The van der Waals surface area contributed by atoms with E-state index < -0.39 is 29.4 Å². The van der Waals surface area contributed by atoms with Gasteiger partial charge in [0.1, 0.15) is 0 Å². The van der Waals surface area contributed by atoms with Gasteiger partial charge in [-0.05, 0) is 37.6 Å². The predicted molar refractivity (Wildman–Crippen MR) is 77.1 cm³/mol. The molecule has 1 aromatic carbocycles. The molecule has 6 heteroatoms. The molecule has 1 aromatic rings. The van der Waals surface area contributed by atoms with Crippen molar-refractivity contribution in [1.29, 1.82) is 0 Å². The zero-order valence-electron chi connectivity index (χ0n) is 12.6. The standard InChI is InChI=1S/C15H22F2N2O2/c1-4-6-19-15(20)10(3)21-14-12(16)7-11(8-13(14)17)9-18-5-2/h7-8,10,18H,4-6,9H2,1-3H3,(H,19,20). The SMILES string of the molecule is CCCNC(=O)C(C)Oc1c(F)cc(CNCC)cc1F. The van der Waals surface area contributed by atoms with E-state index in [2.05, 4.69) is 10.6 Å². The van der Waals surface area contributed by atoms with Crippen LogP contribution >= 0.6 is 0 Å². The highest BCUT2D eigenvalue weighted by Gasteiger charge is 2.19. The van der Waals surface area contributed by atoms with Gasteiger partial charge < -0.3 is 15.4 Å². The molecule has 1 atom stereocenters. The molecule has 0 saturated carbocycles. The number of rotatable bonds is 8. The van der Waals surface area contributed by atoms with E-state index in [0.29, 0.717) is 25.2 Å². The second-order valence-corrected chi connectivity index (χ2v) is 4.72. The second kappa shape index (κ2) is 8.56. The van der Waals surface area contributed by atoms with Crippen molar-refractivity contribution in [2.45, 2.75) is 39.8 Å². The third kappa shape index (κ3) is 5.30. The number of nitrogens with one attached hydrogen (secondary N) is 2. The summed E-state index contributed by atoms with van der Waals surface area (Å²) in [6, 6.07) is 2.41. The summed E-state index contributed by atoms with van der Waals surface area (Å²) in [6.45, 7) is 6.85. The van der Waals surface area contributed by atoms with Crippen LogP contribution in [0.3, 0.4) is 0 Å². The molecule has 0 heterocycles. The number of ether oxygens (including phenoxy) is 1. The maximum absolute atomic E-state index is 13.9. The Bertz CT molecular complexity index is 458. The Morgan fingerprint density at radius 1 is 1.29 bits per heavy atom. The number of hydrogen-bond donors (Lipinski definition) is 2. The number of amides is 1. The first-order valence-electron chi connectivity index (χ1n) is 7.12. The van der Waals surface area contributed by atoms with Gasteiger partial charge in [0.25, 0.3) is 5.91 Å². The molecule has 0 radical (unpaired) electrons. The Morgan fingerprint density at radius 3 is 2.43 bits per heavy atom. The Kier molecular flexibility index (Phi) is 7.08. The van der Waals surface area contributed by atoms with E-state index in [1.54, 1.807) is 0 Å². The lowest BCUT2D eigenvalue weighted by atomic mass is 10.2. The Hall–Kier alpha value is -1.69. The molecule has 0 bridgehead atoms. The van der Waals surface area contributed by atoms with Crippen molar-refractivity contribution in [2.24, 2.45) is 0 Å². The van der Waals surface area contributed by atoms with Crippen molar-refractivity contribution < 1.29 is 18.3 Å². The van der Waals surface area contributed by atoms with E-state index >= 15 is 0 Å². The van der Waals surface area contributed by atoms with E-state index in [1.807, 2.05) is 13.8 Å². The molecule has 0 aromatic heterocycles. The van der Waals surface area contributed by atoms with Gasteiger partial charge in [-0.3, -0.25) is 4.79 Å². The molecule has 1 rings (SSSR count). The summed E-state index contributed by atoms with van der Waals surface area (Å²) in [5.74, 6) is -2.53. The van der Waals surface area contributed by atoms with Gasteiger partial charge in [-0.25, -0.2) is 8.78 Å². The first kappa shape index (κ1) is 17.4. The molecule has 0 aliphatic heterocycles. The lowest BCUT2D eigenvalue weighted by Gasteiger charge is -2.16. The van der Waals surface area contributed by atoms with Crippen molar-refractivity contribution in [2.75, 3.05) is 13.1 Å². The molecule has 4 nitrogen and oxygen atoms in total. The normalized spacial score (nSPS) is 12.0. The van der Waals surface area contributed by atoms with Gasteiger partial charge in [-0.1, -0.05) is 13.8 Å². The molecule has 0 aliphatic carbocycles. The van der Waals surface area contributed by atoms with Gasteiger partial charge in [-0.15, -0.1) is 0 Å². The van der Waals surface area contributed by atoms with Crippen LogP contribution in [0.15, 0.2) is 12.1 Å². The highest BCUT2D eigenvalue weighted by Crippen LogP contribution is 2.24. The zero-order chi connectivity index (χ0) is 15.8. The minimum absolute atomic E-state index is 0.372. The molecule has 0 saturated heterocycles. The third-order valence-corrected chi connectivity index (χ3v) is 2.85. The van der Waals surface area contributed by atoms with E-state index in [-0.39, 0.29) is 0 Å². The van der Waals surface area contributed by atoms with Crippen LogP contribution in [-0.2, 0) is 11.3 Å². The third-order valence-electron chi connectivity index (χ3n) is 2.85. The average molecular weight is 300 g/mol. The maximum Gasteiger partial charge on any atom is 0.260 e. The summed E-state index contributed by atoms with van der Waals surface area (Å²) >= 11 is 0. The summed E-state index contributed by atoms with van der Waals surface area (Å²) in [7, 11) is 0. The van der Waals surface area contributed by atoms with E-state index in [4.69, 9.17) is 4.74 Å². The first-order valence-corrected chi connectivity index (χ1v) is 7.12. The summed E-state index contributed by atoms with van der Waals surface area (Å²) in [5.41, 5.74) is 0.488. The van der Waals surface area contributed by atoms with Gasteiger partial charge in [0.2, 0.25) is 0 Å². The molecule has 0 aliphatic rings. The van der Waals surface area contributed by atoms with Crippen LogP contribution < -0.4 is 15.4 Å². The van der Waals surface area contributed by atoms with Crippen LogP contribution in [0, 0.1) is 11.6 Å². The maximum atomic E-state index is 13.9. The van der Waals surface area contributed by atoms with Crippen molar-refractivity contribution >= 4 is 5.91 Å². The highest BCUT2D eigenvalue weighted by molar-refractivity contribution is 5.80. The smallest absolute Gasteiger partial charge is 0.260 e. The highest BCUT2D eigenvalue weighted by atomic mass is 19.1. The minimum Gasteiger partial charge on any atom is -0.475 e. The largest absolute Gasteiger partial charge is 0.475 e. The molecule has 1 amide bonds. The summed E-state index contributed by atoms with van der Waals surface area (Å²) in [6.07, 6.45) is -0.180. The molecule has 118 valence electrons. The van der Waals surface area contributed by atoms with Gasteiger partial charge in [0.15, 0.2) is 23.5 Å². The van der Waals surface area contributed by atoms with Crippen LogP contribution in [0.25, 0.3) is 0 Å². The molecule has 1 unspecified atom stereocenters. The summed E-state index contributed by atoms with van der Waals surface area (Å²) < 4.78 is 32.9. The van der Waals surface area contributed by atoms with Crippen molar-refractivity contribution in [3.63, 3.8) is 0 Å². The number of carbonyl (C=O) groups excluding carboxylic acids is 1. The van der Waals surface area contributed by atoms with Crippen LogP contribution in [-0.4, -0.2) is 25.1 Å². The van der Waals surface area contributed by atoms with Crippen LogP contribution in [0.5, 0.6) is 5.75 Å². The Labute approximate surface area is 123 Å². The average Bonchev–Trinajstić information content (AvgIpc) is 2.45. The fraction of sp³-hybridized carbons (Fsp3) is 0.533. The topological polar surface area (TPSA) is 50.4 Å². The van der Waals surface area contributed by atoms with Crippen molar-refractivity contribution in [3.8, 4) is 5.75 Å². The zero-order valence-corrected chi connectivity index (χ0v) is 12.6. The number of halogens is 2. The monoisotopic (exact) mass is 300 g/mol. The van der Waals surface area contributed by atoms with Gasteiger partial charge in [0.05, 0.1) is 0 Å². The number of benzene rings is 1. The van der Waals surface area contributed by atoms with E-state index in [9.17, 15) is 13.6 Å². The molecule has 0 fully saturated rings. The molecular weight excluding hydrogens is 278 g/mol. The van der Waals surface area contributed by atoms with Crippen LogP contribution in [0.4, 0.5) is 8.78 Å². The molecule has 2 N–H and O–H groups in total. The van der Waals surface area contributed by atoms with Crippen molar-refractivity contribution in [1.82, 2.24) is 10.6 Å². The summed E-state index contributed by atoms with van der Waals surface area (Å²) in [5, 5.41) is 5.59. The lowest BCUT2D eigenvalue weighted by molar-refractivity contribution is -0.127. The van der Waals surface area contributed by atoms with E-state index in [1.165, 1.54) is 19.1 Å².